The molecule has 1 aliphatic heterocycles. The molecule has 1 aromatic rings. The number of carboxylic acids is 1. The Balaban J connectivity index is 1.95. The summed E-state index contributed by atoms with van der Waals surface area (Å²) < 4.78 is 0. The number of anilines is 1. The minimum Gasteiger partial charge on any atom is -0.481 e. The van der Waals surface area contributed by atoms with Crippen LogP contribution in [0.25, 0.3) is 0 Å². The Morgan fingerprint density at radius 3 is 2.68 bits per heavy atom. The van der Waals surface area contributed by atoms with E-state index in [2.05, 4.69) is 10.6 Å². The number of carboxylic acid groups (broad SMARTS) is 1. The highest BCUT2D eigenvalue weighted by Crippen LogP contribution is 2.19. The SMILES string of the molecule is CNCc1ccccc1NC(=O)N1CC(C(=O)O)C1. The number of rotatable bonds is 4. The van der Waals surface area contributed by atoms with Crippen LogP contribution in [0.3, 0.4) is 0 Å². The monoisotopic (exact) mass is 263 g/mol. The van der Waals surface area contributed by atoms with Crippen LogP contribution < -0.4 is 10.6 Å². The van der Waals surface area contributed by atoms with Gasteiger partial charge < -0.3 is 20.6 Å². The molecule has 0 bridgehead atoms. The maximum atomic E-state index is 11.9. The lowest BCUT2D eigenvalue weighted by Crippen LogP contribution is -2.54. The fourth-order valence-corrected chi connectivity index (χ4v) is 1.98. The highest BCUT2D eigenvalue weighted by Gasteiger charge is 2.35. The Kier molecular flexibility index (Phi) is 4.01. The quantitative estimate of drug-likeness (QED) is 0.755. The first-order valence-corrected chi connectivity index (χ1v) is 6.13. The van der Waals surface area contributed by atoms with Crippen molar-refractivity contribution in [3.05, 3.63) is 29.8 Å². The third kappa shape index (κ3) is 3.03. The van der Waals surface area contributed by atoms with Crippen molar-refractivity contribution >= 4 is 17.7 Å². The number of hydrogen-bond acceptors (Lipinski definition) is 3. The molecule has 1 aromatic carbocycles. The van der Waals surface area contributed by atoms with Gasteiger partial charge in [0.1, 0.15) is 0 Å². The maximum absolute atomic E-state index is 11.9. The summed E-state index contributed by atoms with van der Waals surface area (Å²) in [5.74, 6) is -1.28. The van der Waals surface area contributed by atoms with Gasteiger partial charge in [-0.2, -0.15) is 0 Å². The number of nitrogens with zero attached hydrogens (tertiary/aromatic N) is 1. The zero-order valence-electron chi connectivity index (χ0n) is 10.7. The summed E-state index contributed by atoms with van der Waals surface area (Å²) in [6.07, 6.45) is 0. The Bertz CT molecular complexity index is 484. The predicted molar refractivity (Wildman–Crippen MR) is 70.9 cm³/mol. The van der Waals surface area contributed by atoms with Gasteiger partial charge in [-0.15, -0.1) is 0 Å². The molecule has 1 aliphatic rings. The molecule has 0 radical (unpaired) electrons. The number of aliphatic carboxylic acids is 1. The van der Waals surface area contributed by atoms with Crippen molar-refractivity contribution in [1.29, 1.82) is 0 Å². The zero-order chi connectivity index (χ0) is 13.8. The molecular formula is C13H17N3O3. The van der Waals surface area contributed by atoms with Crippen molar-refractivity contribution in [3.8, 4) is 0 Å². The lowest BCUT2D eigenvalue weighted by atomic mass is 10.0. The van der Waals surface area contributed by atoms with Crippen molar-refractivity contribution in [3.63, 3.8) is 0 Å². The number of carbonyl (C=O) groups is 2. The number of urea groups is 1. The average molecular weight is 263 g/mol. The summed E-state index contributed by atoms with van der Waals surface area (Å²) in [6.45, 7) is 1.21. The van der Waals surface area contributed by atoms with Crippen LogP contribution in [0.4, 0.5) is 10.5 Å². The number of hydrogen-bond donors (Lipinski definition) is 3. The highest BCUT2D eigenvalue weighted by atomic mass is 16.4. The van der Waals surface area contributed by atoms with Crippen LogP contribution in [0.1, 0.15) is 5.56 Å². The van der Waals surface area contributed by atoms with E-state index in [1.165, 1.54) is 4.90 Å². The minimum atomic E-state index is -0.848. The number of benzene rings is 1. The van der Waals surface area contributed by atoms with E-state index < -0.39 is 11.9 Å². The van der Waals surface area contributed by atoms with Crippen LogP contribution >= 0.6 is 0 Å². The third-order valence-electron chi connectivity index (χ3n) is 3.14. The molecule has 1 fully saturated rings. The van der Waals surface area contributed by atoms with E-state index >= 15 is 0 Å². The van der Waals surface area contributed by atoms with Crippen LogP contribution in [-0.2, 0) is 11.3 Å². The number of nitrogens with one attached hydrogen (secondary N) is 2. The Morgan fingerprint density at radius 2 is 2.05 bits per heavy atom. The van der Waals surface area contributed by atoms with Crippen LogP contribution in [-0.4, -0.2) is 42.1 Å². The van der Waals surface area contributed by atoms with Crippen molar-refractivity contribution in [2.75, 3.05) is 25.5 Å². The second kappa shape index (κ2) is 5.71. The van der Waals surface area contributed by atoms with Gasteiger partial charge in [0.05, 0.1) is 5.92 Å². The molecule has 19 heavy (non-hydrogen) atoms. The van der Waals surface area contributed by atoms with E-state index in [9.17, 15) is 9.59 Å². The maximum Gasteiger partial charge on any atom is 0.321 e. The molecule has 1 heterocycles. The van der Waals surface area contributed by atoms with Gasteiger partial charge in [-0.3, -0.25) is 4.79 Å². The van der Waals surface area contributed by atoms with Crippen molar-refractivity contribution in [1.82, 2.24) is 10.2 Å². The van der Waals surface area contributed by atoms with Gasteiger partial charge in [0.25, 0.3) is 0 Å². The smallest absolute Gasteiger partial charge is 0.321 e. The van der Waals surface area contributed by atoms with Gasteiger partial charge in [0.15, 0.2) is 0 Å². The molecule has 0 saturated carbocycles. The average Bonchev–Trinajstić information content (AvgIpc) is 2.29. The highest BCUT2D eigenvalue weighted by molar-refractivity contribution is 5.91. The van der Waals surface area contributed by atoms with Gasteiger partial charge in [-0.1, -0.05) is 18.2 Å². The van der Waals surface area contributed by atoms with Gasteiger partial charge >= 0.3 is 12.0 Å². The molecule has 102 valence electrons. The fraction of sp³-hybridized carbons (Fsp3) is 0.385. The minimum absolute atomic E-state index is 0.249. The van der Waals surface area contributed by atoms with Gasteiger partial charge in [0.2, 0.25) is 0 Å². The molecular weight excluding hydrogens is 246 g/mol. The summed E-state index contributed by atoms with van der Waals surface area (Å²) >= 11 is 0. The third-order valence-corrected chi connectivity index (χ3v) is 3.14. The predicted octanol–water partition coefficient (Wildman–Crippen LogP) is 0.954. The zero-order valence-corrected chi connectivity index (χ0v) is 10.7. The topological polar surface area (TPSA) is 81.7 Å². The van der Waals surface area contributed by atoms with Crippen molar-refractivity contribution in [2.24, 2.45) is 5.92 Å². The Hall–Kier alpha value is -2.08. The molecule has 0 unspecified atom stereocenters. The molecule has 0 aliphatic carbocycles. The first kappa shape index (κ1) is 13.4. The van der Waals surface area contributed by atoms with E-state index in [-0.39, 0.29) is 19.1 Å². The number of likely N-dealkylation sites (tertiary alicyclic amines) is 1. The molecule has 0 spiro atoms. The fourth-order valence-electron chi connectivity index (χ4n) is 1.98. The number of carbonyl (C=O) groups excluding carboxylic acids is 1. The molecule has 2 rings (SSSR count). The number of para-hydroxylation sites is 1. The molecule has 6 heteroatoms. The Labute approximate surface area is 111 Å². The van der Waals surface area contributed by atoms with Gasteiger partial charge in [0, 0.05) is 25.3 Å². The van der Waals surface area contributed by atoms with Crippen LogP contribution in [0.2, 0.25) is 0 Å². The lowest BCUT2D eigenvalue weighted by molar-refractivity contribution is -0.145. The summed E-state index contributed by atoms with van der Waals surface area (Å²) in [6, 6.07) is 7.28. The van der Waals surface area contributed by atoms with Gasteiger partial charge in [-0.25, -0.2) is 4.79 Å². The van der Waals surface area contributed by atoms with Crippen LogP contribution in [0.15, 0.2) is 24.3 Å². The first-order chi connectivity index (χ1) is 9.11. The number of amides is 2. The molecule has 3 N–H and O–H groups in total. The first-order valence-electron chi connectivity index (χ1n) is 6.13. The van der Waals surface area contributed by atoms with E-state index in [4.69, 9.17) is 5.11 Å². The summed E-state index contributed by atoms with van der Waals surface area (Å²) in [5.41, 5.74) is 1.74. The summed E-state index contributed by atoms with van der Waals surface area (Å²) in [7, 11) is 1.84. The van der Waals surface area contributed by atoms with Crippen LogP contribution in [0, 0.1) is 5.92 Å². The molecule has 0 atom stereocenters. The summed E-state index contributed by atoms with van der Waals surface area (Å²) in [4.78, 5) is 24.1. The largest absolute Gasteiger partial charge is 0.481 e. The van der Waals surface area contributed by atoms with Crippen molar-refractivity contribution < 1.29 is 14.7 Å². The van der Waals surface area contributed by atoms with Gasteiger partial charge in [-0.05, 0) is 18.7 Å². The van der Waals surface area contributed by atoms with E-state index in [0.29, 0.717) is 6.54 Å². The Morgan fingerprint density at radius 1 is 1.37 bits per heavy atom. The standard InChI is InChI=1S/C13H17N3O3/c1-14-6-9-4-2-3-5-11(9)15-13(19)16-7-10(8-16)12(17)18/h2-5,10,14H,6-8H2,1H3,(H,15,19)(H,17,18). The van der Waals surface area contributed by atoms with Crippen LogP contribution in [0.5, 0.6) is 0 Å². The second-order valence-corrected chi connectivity index (χ2v) is 4.56. The second-order valence-electron chi connectivity index (χ2n) is 4.56. The molecule has 2 amide bonds. The summed E-state index contributed by atoms with van der Waals surface area (Å²) in [5, 5.41) is 14.6. The molecule has 1 saturated heterocycles. The van der Waals surface area contributed by atoms with E-state index in [1.807, 2.05) is 31.3 Å². The van der Waals surface area contributed by atoms with Crippen molar-refractivity contribution in [2.45, 2.75) is 6.54 Å². The van der Waals surface area contributed by atoms with E-state index in [0.717, 1.165) is 11.3 Å². The molecule has 0 aromatic heterocycles. The van der Waals surface area contributed by atoms with E-state index in [1.54, 1.807) is 0 Å². The normalized spacial score (nSPS) is 14.9. The molecule has 6 nitrogen and oxygen atoms in total. The lowest BCUT2D eigenvalue weighted by Gasteiger charge is -2.36.